The quantitative estimate of drug-likeness (QED) is 0.935. The Kier molecular flexibility index (Phi) is 4.36. The second kappa shape index (κ2) is 6.42. The Hall–Kier alpha value is -1.98. The minimum absolute atomic E-state index is 0.0920. The molecule has 0 spiro atoms. The molecule has 0 bridgehead atoms. The molecule has 6 heteroatoms. The molecule has 0 radical (unpaired) electrons. The molecule has 0 unspecified atom stereocenters. The highest BCUT2D eigenvalue weighted by molar-refractivity contribution is 8.15. The molecule has 0 atom stereocenters. The number of nitrogens with zero attached hydrogens (tertiary/aromatic N) is 1. The number of hydrogen-bond donors (Lipinski definition) is 1. The summed E-state index contributed by atoms with van der Waals surface area (Å²) in [6, 6.07) is 13.4. The molecule has 0 saturated heterocycles. The molecule has 0 saturated carbocycles. The summed E-state index contributed by atoms with van der Waals surface area (Å²) in [4.78, 5) is 11.3. The molecule has 0 aromatic heterocycles. The summed E-state index contributed by atoms with van der Waals surface area (Å²) in [5, 5.41) is 5.56. The lowest BCUT2D eigenvalue weighted by atomic mass is 10.00. The van der Waals surface area contributed by atoms with E-state index in [1.54, 1.807) is 7.11 Å². The maximum Gasteiger partial charge on any atom is 0.250 e. The van der Waals surface area contributed by atoms with Crippen LogP contribution in [0.1, 0.15) is 5.56 Å². The van der Waals surface area contributed by atoms with E-state index in [1.807, 2.05) is 42.5 Å². The Morgan fingerprint density at radius 1 is 1.23 bits per heavy atom. The van der Waals surface area contributed by atoms with Gasteiger partial charge >= 0.3 is 0 Å². The average molecular weight is 333 g/mol. The smallest absolute Gasteiger partial charge is 0.250 e. The van der Waals surface area contributed by atoms with Crippen LogP contribution in [0, 0.1) is 0 Å². The number of hydrogen-bond acceptors (Lipinski definition) is 4. The molecule has 1 aliphatic heterocycles. The van der Waals surface area contributed by atoms with E-state index in [0.29, 0.717) is 10.8 Å². The molecule has 3 rings (SSSR count). The van der Waals surface area contributed by atoms with Crippen molar-refractivity contribution in [2.75, 3.05) is 12.9 Å². The highest BCUT2D eigenvalue weighted by atomic mass is 35.5. The van der Waals surface area contributed by atoms with Crippen LogP contribution < -0.4 is 10.2 Å². The van der Waals surface area contributed by atoms with Crippen LogP contribution in [0.4, 0.5) is 0 Å². The number of ether oxygens (including phenoxy) is 1. The van der Waals surface area contributed by atoms with Gasteiger partial charge in [0.25, 0.3) is 5.91 Å². The van der Waals surface area contributed by atoms with Crippen molar-refractivity contribution in [2.24, 2.45) is 5.10 Å². The summed E-state index contributed by atoms with van der Waals surface area (Å²) in [5.41, 5.74) is 5.39. The SMILES string of the molecule is COc1cccc(-c2cc(Cl)ccc2C2=NNC(=O)CS2)c1. The van der Waals surface area contributed by atoms with Crippen LogP contribution in [0.2, 0.25) is 5.02 Å². The first-order valence-corrected chi connectivity index (χ1v) is 7.97. The zero-order valence-electron chi connectivity index (χ0n) is 11.8. The molecule has 1 amide bonds. The topological polar surface area (TPSA) is 50.7 Å². The molecule has 0 aliphatic carbocycles. The van der Waals surface area contributed by atoms with Gasteiger partial charge in [0.15, 0.2) is 0 Å². The highest BCUT2D eigenvalue weighted by Crippen LogP contribution is 2.32. The summed E-state index contributed by atoms with van der Waals surface area (Å²) in [7, 11) is 1.63. The minimum Gasteiger partial charge on any atom is -0.497 e. The van der Waals surface area contributed by atoms with E-state index in [1.165, 1.54) is 11.8 Å². The number of thioether (sulfide) groups is 1. The van der Waals surface area contributed by atoms with Gasteiger partial charge in [-0.3, -0.25) is 4.79 Å². The minimum atomic E-state index is -0.0920. The fraction of sp³-hybridized carbons (Fsp3) is 0.125. The van der Waals surface area contributed by atoms with Crippen molar-refractivity contribution in [1.29, 1.82) is 0 Å². The normalized spacial score (nSPS) is 14.3. The van der Waals surface area contributed by atoms with Crippen molar-refractivity contribution in [3.05, 3.63) is 53.1 Å². The van der Waals surface area contributed by atoms with Gasteiger partial charge in [0.1, 0.15) is 10.8 Å². The van der Waals surface area contributed by atoms with E-state index in [2.05, 4.69) is 10.5 Å². The van der Waals surface area contributed by atoms with E-state index in [0.717, 1.165) is 27.5 Å². The Morgan fingerprint density at radius 2 is 2.09 bits per heavy atom. The van der Waals surface area contributed by atoms with E-state index in [4.69, 9.17) is 16.3 Å². The van der Waals surface area contributed by atoms with Crippen molar-refractivity contribution in [2.45, 2.75) is 0 Å². The predicted molar refractivity (Wildman–Crippen MR) is 90.6 cm³/mol. The standard InChI is InChI=1S/C16H13ClN2O2S/c1-21-12-4-2-3-10(7-12)14-8-11(17)5-6-13(14)16-19-18-15(20)9-22-16/h2-8H,9H2,1H3,(H,18,20). The Labute approximate surface area is 137 Å². The van der Waals surface area contributed by atoms with Crippen LogP contribution in [0.3, 0.4) is 0 Å². The van der Waals surface area contributed by atoms with Gasteiger partial charge < -0.3 is 4.74 Å². The van der Waals surface area contributed by atoms with Gasteiger partial charge in [-0.25, -0.2) is 5.43 Å². The zero-order valence-corrected chi connectivity index (χ0v) is 13.4. The molecular weight excluding hydrogens is 320 g/mol. The summed E-state index contributed by atoms with van der Waals surface area (Å²) >= 11 is 7.57. The average Bonchev–Trinajstić information content (AvgIpc) is 2.56. The molecule has 1 aliphatic rings. The van der Waals surface area contributed by atoms with Crippen molar-refractivity contribution < 1.29 is 9.53 Å². The predicted octanol–water partition coefficient (Wildman–Crippen LogP) is 3.54. The van der Waals surface area contributed by atoms with Crippen LogP contribution in [-0.4, -0.2) is 23.8 Å². The molecule has 0 fully saturated rings. The van der Waals surface area contributed by atoms with Gasteiger partial charge in [0.05, 0.1) is 12.9 Å². The van der Waals surface area contributed by atoms with Gasteiger partial charge in [-0.05, 0) is 35.4 Å². The lowest BCUT2D eigenvalue weighted by Gasteiger charge is -2.16. The fourth-order valence-corrected chi connectivity index (χ4v) is 3.13. The largest absolute Gasteiger partial charge is 0.497 e. The molecule has 2 aromatic rings. The summed E-state index contributed by atoms with van der Waals surface area (Å²) in [6.45, 7) is 0. The summed E-state index contributed by atoms with van der Waals surface area (Å²) < 4.78 is 5.28. The fourth-order valence-electron chi connectivity index (χ4n) is 2.18. The number of carbonyl (C=O) groups is 1. The highest BCUT2D eigenvalue weighted by Gasteiger charge is 2.18. The molecule has 4 nitrogen and oxygen atoms in total. The second-order valence-electron chi connectivity index (χ2n) is 4.66. The van der Waals surface area contributed by atoms with E-state index < -0.39 is 0 Å². The second-order valence-corrected chi connectivity index (χ2v) is 6.06. The van der Waals surface area contributed by atoms with Crippen molar-refractivity contribution in [3.63, 3.8) is 0 Å². The third-order valence-corrected chi connectivity index (χ3v) is 4.44. The third-order valence-electron chi connectivity index (χ3n) is 3.21. The van der Waals surface area contributed by atoms with Crippen molar-refractivity contribution in [3.8, 4) is 16.9 Å². The van der Waals surface area contributed by atoms with E-state index in [-0.39, 0.29) is 5.91 Å². The number of amides is 1. The van der Waals surface area contributed by atoms with E-state index in [9.17, 15) is 4.79 Å². The maximum atomic E-state index is 11.3. The Morgan fingerprint density at radius 3 is 2.82 bits per heavy atom. The summed E-state index contributed by atoms with van der Waals surface area (Å²) in [5.74, 6) is 1.04. The van der Waals surface area contributed by atoms with E-state index >= 15 is 0 Å². The van der Waals surface area contributed by atoms with Crippen molar-refractivity contribution >= 4 is 34.3 Å². The molecule has 112 valence electrons. The van der Waals surface area contributed by atoms with Gasteiger partial charge in [0.2, 0.25) is 0 Å². The maximum absolute atomic E-state index is 11.3. The van der Waals surface area contributed by atoms with Crippen molar-refractivity contribution in [1.82, 2.24) is 5.43 Å². The monoisotopic (exact) mass is 332 g/mol. The van der Waals surface area contributed by atoms with Crippen LogP contribution in [0.5, 0.6) is 5.75 Å². The molecule has 2 aromatic carbocycles. The first kappa shape index (κ1) is 14.9. The number of benzene rings is 2. The van der Waals surface area contributed by atoms with Gasteiger partial charge in [-0.1, -0.05) is 41.6 Å². The van der Waals surface area contributed by atoms with Gasteiger partial charge in [-0.2, -0.15) is 5.10 Å². The number of hydrazone groups is 1. The molecular formula is C16H13ClN2O2S. The number of carbonyl (C=O) groups excluding carboxylic acids is 1. The Bertz CT molecular complexity index is 762. The van der Waals surface area contributed by atoms with Crippen LogP contribution in [-0.2, 0) is 4.79 Å². The van der Waals surface area contributed by atoms with Crippen LogP contribution in [0.25, 0.3) is 11.1 Å². The number of halogens is 1. The lowest BCUT2D eigenvalue weighted by Crippen LogP contribution is -2.26. The van der Waals surface area contributed by atoms with Gasteiger partial charge in [0, 0.05) is 10.6 Å². The zero-order chi connectivity index (χ0) is 15.5. The molecule has 1 N–H and O–H groups in total. The van der Waals surface area contributed by atoms with Gasteiger partial charge in [-0.15, -0.1) is 0 Å². The number of nitrogens with one attached hydrogen (secondary N) is 1. The first-order valence-electron chi connectivity index (χ1n) is 6.61. The lowest BCUT2D eigenvalue weighted by molar-refractivity contribution is -0.118. The number of methoxy groups -OCH3 is 1. The van der Waals surface area contributed by atoms with Crippen LogP contribution in [0.15, 0.2) is 47.6 Å². The summed E-state index contributed by atoms with van der Waals surface area (Å²) in [6.07, 6.45) is 0. The third kappa shape index (κ3) is 3.10. The van der Waals surface area contributed by atoms with Crippen LogP contribution >= 0.6 is 23.4 Å². The number of rotatable bonds is 3. The molecule has 1 heterocycles. The molecule has 22 heavy (non-hydrogen) atoms. The Balaban J connectivity index is 2.10. The first-order chi connectivity index (χ1) is 10.7.